The fourth-order valence-corrected chi connectivity index (χ4v) is 3.79. The SMILES string of the molecule is Cc1nc2ccccc2n1C1CN(C(=O)Cc2ccccc2Br)C1. The van der Waals surface area contributed by atoms with Crippen molar-refractivity contribution < 1.29 is 4.79 Å². The molecule has 3 aromatic rings. The number of hydrogen-bond donors (Lipinski definition) is 0. The lowest BCUT2D eigenvalue weighted by molar-refractivity contribution is -0.136. The molecule has 4 rings (SSSR count). The molecule has 2 aromatic carbocycles. The third-order valence-corrected chi connectivity index (χ3v) is 5.43. The van der Waals surface area contributed by atoms with Crippen molar-refractivity contribution in [2.75, 3.05) is 13.1 Å². The zero-order chi connectivity index (χ0) is 16.7. The van der Waals surface area contributed by atoms with E-state index in [0.717, 1.165) is 40.0 Å². The number of carbonyl (C=O) groups is 1. The van der Waals surface area contributed by atoms with Gasteiger partial charge in [-0.3, -0.25) is 4.79 Å². The molecule has 1 aromatic heterocycles. The maximum absolute atomic E-state index is 12.5. The highest BCUT2D eigenvalue weighted by molar-refractivity contribution is 9.10. The van der Waals surface area contributed by atoms with E-state index in [2.05, 4.69) is 31.5 Å². The number of amides is 1. The maximum Gasteiger partial charge on any atom is 0.227 e. The van der Waals surface area contributed by atoms with Crippen molar-refractivity contribution >= 4 is 32.9 Å². The molecule has 0 unspecified atom stereocenters. The normalized spacial score (nSPS) is 14.8. The molecule has 122 valence electrons. The van der Waals surface area contributed by atoms with E-state index in [4.69, 9.17) is 0 Å². The number of aryl methyl sites for hydroxylation is 1. The van der Waals surface area contributed by atoms with E-state index < -0.39 is 0 Å². The number of carbonyl (C=O) groups excluding carboxylic acids is 1. The topological polar surface area (TPSA) is 38.1 Å². The number of nitrogens with zero attached hydrogens (tertiary/aromatic N) is 3. The molecule has 2 heterocycles. The molecule has 0 spiro atoms. The highest BCUT2D eigenvalue weighted by atomic mass is 79.9. The first-order valence-corrected chi connectivity index (χ1v) is 8.87. The highest BCUT2D eigenvalue weighted by Crippen LogP contribution is 2.28. The van der Waals surface area contributed by atoms with Gasteiger partial charge in [-0.2, -0.15) is 0 Å². The number of rotatable bonds is 3. The fraction of sp³-hybridized carbons (Fsp3) is 0.263. The zero-order valence-electron chi connectivity index (χ0n) is 13.4. The number of benzene rings is 2. The van der Waals surface area contributed by atoms with Crippen LogP contribution in [-0.2, 0) is 11.2 Å². The second-order valence-electron chi connectivity index (χ2n) is 6.24. The predicted octanol–water partition coefficient (Wildman–Crippen LogP) is 3.73. The summed E-state index contributed by atoms with van der Waals surface area (Å²) in [6.07, 6.45) is 0.442. The summed E-state index contributed by atoms with van der Waals surface area (Å²) in [5.74, 6) is 1.19. The third-order valence-electron chi connectivity index (χ3n) is 4.65. The van der Waals surface area contributed by atoms with Crippen LogP contribution in [0.25, 0.3) is 11.0 Å². The van der Waals surface area contributed by atoms with Crippen molar-refractivity contribution in [1.82, 2.24) is 14.5 Å². The van der Waals surface area contributed by atoms with E-state index >= 15 is 0 Å². The Morgan fingerprint density at radius 3 is 2.67 bits per heavy atom. The number of fused-ring (bicyclic) bond motifs is 1. The van der Waals surface area contributed by atoms with Crippen molar-refractivity contribution in [3.63, 3.8) is 0 Å². The van der Waals surface area contributed by atoms with Crippen LogP contribution in [0.3, 0.4) is 0 Å². The van der Waals surface area contributed by atoms with Crippen molar-refractivity contribution in [1.29, 1.82) is 0 Å². The summed E-state index contributed by atoms with van der Waals surface area (Å²) in [6.45, 7) is 3.54. The van der Waals surface area contributed by atoms with Crippen LogP contribution in [0, 0.1) is 6.92 Å². The van der Waals surface area contributed by atoms with Crippen LogP contribution in [0.5, 0.6) is 0 Å². The second kappa shape index (κ2) is 6.06. The van der Waals surface area contributed by atoms with E-state index in [1.54, 1.807) is 0 Å². The Balaban J connectivity index is 1.47. The summed E-state index contributed by atoms with van der Waals surface area (Å²) in [5, 5.41) is 0. The van der Waals surface area contributed by atoms with Gasteiger partial charge in [-0.1, -0.05) is 46.3 Å². The van der Waals surface area contributed by atoms with Crippen molar-refractivity contribution in [2.24, 2.45) is 0 Å². The molecule has 0 atom stereocenters. The molecule has 1 aliphatic heterocycles. The summed E-state index contributed by atoms with van der Waals surface area (Å²) in [6, 6.07) is 16.4. The second-order valence-corrected chi connectivity index (χ2v) is 7.09. The Hall–Kier alpha value is -2.14. The van der Waals surface area contributed by atoms with E-state index in [1.165, 1.54) is 0 Å². The average Bonchev–Trinajstić information content (AvgIpc) is 2.85. The Bertz CT molecular complexity index is 912. The molecular formula is C19H18BrN3O. The molecule has 1 saturated heterocycles. The number of para-hydroxylation sites is 2. The largest absolute Gasteiger partial charge is 0.338 e. The van der Waals surface area contributed by atoms with Crippen LogP contribution in [0.2, 0.25) is 0 Å². The van der Waals surface area contributed by atoms with Gasteiger partial charge < -0.3 is 9.47 Å². The Labute approximate surface area is 149 Å². The molecule has 4 nitrogen and oxygen atoms in total. The molecule has 1 aliphatic rings. The number of imidazole rings is 1. The first kappa shape index (κ1) is 15.4. The number of likely N-dealkylation sites (tertiary alicyclic amines) is 1. The summed E-state index contributed by atoms with van der Waals surface area (Å²) >= 11 is 3.51. The minimum Gasteiger partial charge on any atom is -0.338 e. The number of aromatic nitrogens is 2. The molecule has 1 amide bonds. The van der Waals surface area contributed by atoms with Crippen LogP contribution < -0.4 is 0 Å². The van der Waals surface area contributed by atoms with Gasteiger partial charge in [0.1, 0.15) is 5.82 Å². The van der Waals surface area contributed by atoms with Gasteiger partial charge in [-0.25, -0.2) is 4.98 Å². The lowest BCUT2D eigenvalue weighted by Crippen LogP contribution is -2.51. The summed E-state index contributed by atoms with van der Waals surface area (Å²) in [4.78, 5) is 19.0. The van der Waals surface area contributed by atoms with Crippen LogP contribution in [-0.4, -0.2) is 33.4 Å². The Kier molecular flexibility index (Phi) is 3.88. The number of hydrogen-bond acceptors (Lipinski definition) is 2. The van der Waals surface area contributed by atoms with E-state index in [9.17, 15) is 4.79 Å². The molecule has 0 radical (unpaired) electrons. The van der Waals surface area contributed by atoms with Crippen LogP contribution >= 0.6 is 15.9 Å². The van der Waals surface area contributed by atoms with Gasteiger partial charge in [0.2, 0.25) is 5.91 Å². The molecule has 24 heavy (non-hydrogen) atoms. The minimum atomic E-state index is 0.181. The van der Waals surface area contributed by atoms with Crippen LogP contribution in [0.15, 0.2) is 53.0 Å². The monoisotopic (exact) mass is 383 g/mol. The minimum absolute atomic E-state index is 0.181. The third kappa shape index (κ3) is 2.63. The molecular weight excluding hydrogens is 366 g/mol. The number of halogens is 1. The maximum atomic E-state index is 12.5. The molecule has 0 aliphatic carbocycles. The molecule has 1 fully saturated rings. The Morgan fingerprint density at radius 1 is 1.17 bits per heavy atom. The first-order valence-electron chi connectivity index (χ1n) is 8.08. The quantitative estimate of drug-likeness (QED) is 0.690. The predicted molar refractivity (Wildman–Crippen MR) is 97.9 cm³/mol. The van der Waals surface area contributed by atoms with Crippen molar-refractivity contribution in [3.05, 3.63) is 64.4 Å². The average molecular weight is 384 g/mol. The standard InChI is InChI=1S/C19H18BrN3O/c1-13-21-17-8-4-5-9-18(17)23(13)15-11-22(12-15)19(24)10-14-6-2-3-7-16(14)20/h2-9,15H,10-12H2,1H3. The van der Waals surface area contributed by atoms with Gasteiger partial charge in [0.25, 0.3) is 0 Å². The van der Waals surface area contributed by atoms with E-state index in [-0.39, 0.29) is 5.91 Å². The fourth-order valence-electron chi connectivity index (χ4n) is 3.36. The molecule has 0 N–H and O–H groups in total. The molecule has 0 bridgehead atoms. The van der Waals surface area contributed by atoms with Gasteiger partial charge in [-0.05, 0) is 30.7 Å². The first-order chi connectivity index (χ1) is 11.6. The van der Waals surface area contributed by atoms with Crippen LogP contribution in [0.1, 0.15) is 17.4 Å². The van der Waals surface area contributed by atoms with E-state index in [1.807, 2.05) is 54.3 Å². The van der Waals surface area contributed by atoms with E-state index in [0.29, 0.717) is 12.5 Å². The summed E-state index contributed by atoms with van der Waals surface area (Å²) in [5.41, 5.74) is 3.21. The van der Waals surface area contributed by atoms with Gasteiger partial charge in [0.05, 0.1) is 23.5 Å². The van der Waals surface area contributed by atoms with Gasteiger partial charge in [0, 0.05) is 17.6 Å². The lowest BCUT2D eigenvalue weighted by atomic mass is 10.1. The van der Waals surface area contributed by atoms with Crippen LogP contribution in [0.4, 0.5) is 0 Å². The highest BCUT2D eigenvalue weighted by Gasteiger charge is 2.33. The van der Waals surface area contributed by atoms with Crippen molar-refractivity contribution in [2.45, 2.75) is 19.4 Å². The lowest BCUT2D eigenvalue weighted by Gasteiger charge is -2.40. The van der Waals surface area contributed by atoms with Gasteiger partial charge in [-0.15, -0.1) is 0 Å². The molecule has 0 saturated carbocycles. The zero-order valence-corrected chi connectivity index (χ0v) is 15.0. The molecule has 5 heteroatoms. The summed E-state index contributed by atoms with van der Waals surface area (Å²) < 4.78 is 3.25. The van der Waals surface area contributed by atoms with Gasteiger partial charge >= 0.3 is 0 Å². The van der Waals surface area contributed by atoms with Gasteiger partial charge in [0.15, 0.2) is 0 Å². The van der Waals surface area contributed by atoms with Crippen molar-refractivity contribution in [3.8, 4) is 0 Å². The smallest absolute Gasteiger partial charge is 0.227 e. The summed E-state index contributed by atoms with van der Waals surface area (Å²) in [7, 11) is 0. The Morgan fingerprint density at radius 2 is 1.88 bits per heavy atom.